The van der Waals surface area contributed by atoms with E-state index in [1.54, 1.807) is 11.3 Å². The van der Waals surface area contributed by atoms with Crippen molar-refractivity contribution in [2.45, 2.75) is 24.9 Å². The fourth-order valence-electron chi connectivity index (χ4n) is 3.00. The Morgan fingerprint density at radius 1 is 1.23 bits per heavy atom. The van der Waals surface area contributed by atoms with Crippen molar-refractivity contribution in [2.75, 3.05) is 6.54 Å². The second-order valence-electron chi connectivity index (χ2n) is 5.33. The van der Waals surface area contributed by atoms with Gasteiger partial charge in [-0.2, -0.15) is 0 Å². The third-order valence-electron chi connectivity index (χ3n) is 3.96. The van der Waals surface area contributed by atoms with E-state index in [4.69, 9.17) is 0 Å². The molecule has 1 fully saturated rings. The molecule has 116 valence electrons. The topological polar surface area (TPSA) is 40.5 Å². The maximum atomic E-state index is 11.6. The fraction of sp³-hybridized carbons (Fsp3) is 0.312. The zero-order chi connectivity index (χ0) is 15.7. The van der Waals surface area contributed by atoms with Gasteiger partial charge in [0.2, 0.25) is 0 Å². The molecule has 22 heavy (non-hydrogen) atoms. The number of benzene rings is 1. The molecule has 3 nitrogen and oxygen atoms in total. The van der Waals surface area contributed by atoms with Crippen LogP contribution in [0.3, 0.4) is 0 Å². The summed E-state index contributed by atoms with van der Waals surface area (Å²) in [5.41, 5.74) is 1.13. The molecule has 1 aliphatic rings. The van der Waals surface area contributed by atoms with Gasteiger partial charge < -0.3 is 5.11 Å². The van der Waals surface area contributed by atoms with Gasteiger partial charge in [0, 0.05) is 15.9 Å². The molecule has 0 bridgehead atoms. The third-order valence-corrected chi connectivity index (χ3v) is 6.16. The number of likely N-dealkylation sites (tertiary alicyclic amines) is 1. The molecular formula is C16H15Br2NO2S. The minimum absolute atomic E-state index is 0.00648. The number of carbonyl (C=O) groups is 1. The predicted octanol–water partition coefficient (Wildman–Crippen LogP) is 4.91. The van der Waals surface area contributed by atoms with E-state index in [2.05, 4.69) is 55.0 Å². The van der Waals surface area contributed by atoms with Gasteiger partial charge in [0.1, 0.15) is 6.04 Å². The van der Waals surface area contributed by atoms with Crippen LogP contribution in [-0.4, -0.2) is 28.6 Å². The van der Waals surface area contributed by atoms with Crippen LogP contribution in [0.25, 0.3) is 0 Å². The molecule has 2 atom stereocenters. The van der Waals surface area contributed by atoms with Crippen molar-refractivity contribution < 1.29 is 9.90 Å². The monoisotopic (exact) mass is 443 g/mol. The standard InChI is InChI=1S/C16H15Br2NO2S/c17-11-5-3-10(4-6-11)15(13-7-8-14(18)22-13)19-9-1-2-12(19)16(20)21/h3-8,12,15H,1-2,9H2,(H,20,21). The summed E-state index contributed by atoms with van der Waals surface area (Å²) >= 11 is 8.64. The van der Waals surface area contributed by atoms with Gasteiger partial charge in [-0.25, -0.2) is 0 Å². The first-order valence-electron chi connectivity index (χ1n) is 7.05. The molecule has 0 amide bonds. The van der Waals surface area contributed by atoms with Crippen LogP contribution in [0.5, 0.6) is 0 Å². The van der Waals surface area contributed by atoms with Crippen molar-refractivity contribution in [3.05, 3.63) is 55.1 Å². The van der Waals surface area contributed by atoms with Gasteiger partial charge in [0.05, 0.1) is 9.83 Å². The Labute approximate surface area is 150 Å². The highest BCUT2D eigenvalue weighted by atomic mass is 79.9. The number of thiophene rings is 1. The van der Waals surface area contributed by atoms with E-state index in [1.807, 2.05) is 18.2 Å². The Bertz CT molecular complexity index is 671. The van der Waals surface area contributed by atoms with Gasteiger partial charge in [-0.15, -0.1) is 11.3 Å². The molecule has 1 saturated heterocycles. The smallest absolute Gasteiger partial charge is 0.320 e. The van der Waals surface area contributed by atoms with E-state index in [9.17, 15) is 9.90 Å². The molecular weight excluding hydrogens is 430 g/mol. The summed E-state index contributed by atoms with van der Waals surface area (Å²) in [5, 5.41) is 9.52. The van der Waals surface area contributed by atoms with Crippen LogP contribution in [0.2, 0.25) is 0 Å². The van der Waals surface area contributed by atoms with Crippen molar-refractivity contribution in [1.82, 2.24) is 4.90 Å². The largest absolute Gasteiger partial charge is 0.480 e. The van der Waals surface area contributed by atoms with Crippen LogP contribution in [-0.2, 0) is 4.79 Å². The van der Waals surface area contributed by atoms with Gasteiger partial charge in [0.15, 0.2) is 0 Å². The lowest BCUT2D eigenvalue weighted by molar-refractivity contribution is -0.142. The average molecular weight is 445 g/mol. The molecule has 1 aromatic carbocycles. The first-order chi connectivity index (χ1) is 10.6. The first kappa shape index (κ1) is 16.2. The van der Waals surface area contributed by atoms with E-state index in [1.165, 1.54) is 4.88 Å². The number of halogens is 2. The quantitative estimate of drug-likeness (QED) is 0.728. The van der Waals surface area contributed by atoms with Crippen LogP contribution in [0, 0.1) is 0 Å². The van der Waals surface area contributed by atoms with Crippen molar-refractivity contribution in [3.8, 4) is 0 Å². The van der Waals surface area contributed by atoms with Crippen LogP contribution in [0.15, 0.2) is 44.7 Å². The van der Waals surface area contributed by atoms with Crippen molar-refractivity contribution in [3.63, 3.8) is 0 Å². The maximum Gasteiger partial charge on any atom is 0.320 e. The minimum Gasteiger partial charge on any atom is -0.480 e. The van der Waals surface area contributed by atoms with Crippen molar-refractivity contribution in [2.24, 2.45) is 0 Å². The summed E-state index contributed by atoms with van der Waals surface area (Å²) in [5.74, 6) is -0.727. The number of aliphatic carboxylic acids is 1. The second-order valence-corrected chi connectivity index (χ2v) is 8.74. The van der Waals surface area contributed by atoms with Gasteiger partial charge in [0.25, 0.3) is 0 Å². The number of carboxylic acids is 1. The van der Waals surface area contributed by atoms with E-state index in [-0.39, 0.29) is 6.04 Å². The molecule has 0 spiro atoms. The number of rotatable bonds is 4. The molecule has 0 saturated carbocycles. The highest BCUT2D eigenvalue weighted by Gasteiger charge is 2.37. The lowest BCUT2D eigenvalue weighted by Gasteiger charge is -2.31. The average Bonchev–Trinajstić information content (AvgIpc) is 3.11. The number of carboxylic acid groups (broad SMARTS) is 1. The molecule has 2 heterocycles. The summed E-state index contributed by atoms with van der Waals surface area (Å²) < 4.78 is 2.09. The molecule has 3 rings (SSSR count). The summed E-state index contributed by atoms with van der Waals surface area (Å²) in [6.07, 6.45) is 1.64. The van der Waals surface area contributed by atoms with Gasteiger partial charge in [-0.1, -0.05) is 28.1 Å². The highest BCUT2D eigenvalue weighted by Crippen LogP contribution is 2.39. The Morgan fingerprint density at radius 2 is 1.95 bits per heavy atom. The molecule has 2 unspecified atom stereocenters. The summed E-state index contributed by atoms with van der Waals surface area (Å²) in [6.45, 7) is 0.813. The molecule has 0 radical (unpaired) electrons. The van der Waals surface area contributed by atoms with Crippen LogP contribution in [0.1, 0.15) is 29.3 Å². The van der Waals surface area contributed by atoms with Gasteiger partial charge in [-0.3, -0.25) is 9.69 Å². The number of nitrogens with zero attached hydrogens (tertiary/aromatic N) is 1. The fourth-order valence-corrected chi connectivity index (χ4v) is 4.84. The second kappa shape index (κ2) is 6.83. The van der Waals surface area contributed by atoms with E-state index in [0.717, 1.165) is 33.2 Å². The molecule has 0 aliphatic carbocycles. The zero-order valence-corrected chi connectivity index (χ0v) is 15.7. The minimum atomic E-state index is -0.727. The summed E-state index contributed by atoms with van der Waals surface area (Å²) in [4.78, 5) is 14.9. The first-order valence-corrected chi connectivity index (χ1v) is 9.46. The predicted molar refractivity (Wildman–Crippen MR) is 95.4 cm³/mol. The van der Waals surface area contributed by atoms with Gasteiger partial charge >= 0.3 is 5.97 Å². The van der Waals surface area contributed by atoms with Gasteiger partial charge in [-0.05, 0) is 58.6 Å². The lowest BCUT2D eigenvalue weighted by Crippen LogP contribution is -2.38. The number of hydrogen-bond donors (Lipinski definition) is 1. The Kier molecular flexibility index (Phi) is 5.02. The molecule has 1 N–H and O–H groups in total. The summed E-state index contributed by atoms with van der Waals surface area (Å²) in [6, 6.07) is 11.9. The molecule has 6 heteroatoms. The molecule has 1 aliphatic heterocycles. The van der Waals surface area contributed by atoms with Crippen molar-refractivity contribution in [1.29, 1.82) is 0 Å². The van der Waals surface area contributed by atoms with Crippen LogP contribution >= 0.6 is 43.2 Å². The Morgan fingerprint density at radius 3 is 2.55 bits per heavy atom. The maximum absolute atomic E-state index is 11.6. The van der Waals surface area contributed by atoms with Crippen LogP contribution < -0.4 is 0 Å². The lowest BCUT2D eigenvalue weighted by atomic mass is 10.0. The van der Waals surface area contributed by atoms with Crippen LogP contribution in [0.4, 0.5) is 0 Å². The third kappa shape index (κ3) is 3.30. The van der Waals surface area contributed by atoms with Crippen molar-refractivity contribution >= 4 is 49.2 Å². The molecule has 2 aromatic rings. The molecule has 1 aromatic heterocycles. The normalized spacial score (nSPS) is 20.2. The number of hydrogen-bond acceptors (Lipinski definition) is 3. The van der Waals surface area contributed by atoms with E-state index >= 15 is 0 Å². The Balaban J connectivity index is 2.03. The van der Waals surface area contributed by atoms with E-state index < -0.39 is 12.0 Å². The highest BCUT2D eigenvalue weighted by molar-refractivity contribution is 9.11. The van der Waals surface area contributed by atoms with E-state index in [0.29, 0.717) is 0 Å². The SMILES string of the molecule is O=C(O)C1CCCN1C(c1ccc(Br)cc1)c1ccc(Br)s1. The summed E-state index contributed by atoms with van der Waals surface area (Å²) in [7, 11) is 0. The zero-order valence-electron chi connectivity index (χ0n) is 11.7. The Hall–Kier alpha value is -0.690.